The van der Waals surface area contributed by atoms with Gasteiger partial charge in [-0.25, -0.2) is 9.18 Å². The van der Waals surface area contributed by atoms with Crippen molar-refractivity contribution in [3.05, 3.63) is 35.1 Å². The molecule has 0 bridgehead atoms. The average Bonchev–Trinajstić information content (AvgIpc) is 2.48. The number of carbonyl (C=O) groups excluding carboxylic acids is 2. The highest BCUT2D eigenvalue weighted by atomic mass is 19.1. The van der Waals surface area contributed by atoms with E-state index in [4.69, 9.17) is 5.11 Å². The Balaban J connectivity index is 2.05. The summed E-state index contributed by atoms with van der Waals surface area (Å²) in [6.07, 6.45) is 0. The monoisotopic (exact) mass is 294 g/mol. The Hall–Kier alpha value is -2.44. The second-order valence-corrected chi connectivity index (χ2v) is 4.85. The van der Waals surface area contributed by atoms with E-state index >= 15 is 0 Å². The molecule has 112 valence electrons. The van der Waals surface area contributed by atoms with Crippen LogP contribution in [-0.2, 0) is 9.59 Å². The first-order valence-corrected chi connectivity index (χ1v) is 6.48. The molecule has 1 aliphatic rings. The molecular formula is C14H15FN2O4. The molecule has 6 nitrogen and oxygen atoms in total. The number of carboxylic acids is 1. The number of benzene rings is 1. The summed E-state index contributed by atoms with van der Waals surface area (Å²) in [7, 11) is 0. The molecule has 1 N–H and O–H groups in total. The number of nitrogens with zero attached hydrogens (tertiary/aromatic N) is 2. The lowest BCUT2D eigenvalue weighted by Crippen LogP contribution is -2.52. The Bertz CT molecular complexity index is 595. The summed E-state index contributed by atoms with van der Waals surface area (Å²) in [6.45, 7) is 2.50. The van der Waals surface area contributed by atoms with Crippen LogP contribution in [0.15, 0.2) is 18.2 Å². The molecule has 0 spiro atoms. The summed E-state index contributed by atoms with van der Waals surface area (Å²) in [5.74, 6) is -3.27. The lowest BCUT2D eigenvalue weighted by molar-refractivity contribution is -0.156. The Kier molecular flexibility index (Phi) is 4.21. The van der Waals surface area contributed by atoms with Crippen LogP contribution in [0.4, 0.5) is 4.39 Å². The summed E-state index contributed by atoms with van der Waals surface area (Å²) in [6, 6.07) is 4.01. The van der Waals surface area contributed by atoms with E-state index in [1.807, 2.05) is 0 Å². The fraction of sp³-hybridized carbons (Fsp3) is 0.357. The van der Waals surface area contributed by atoms with Crippen molar-refractivity contribution < 1.29 is 23.9 Å². The van der Waals surface area contributed by atoms with Gasteiger partial charge in [0.15, 0.2) is 0 Å². The van der Waals surface area contributed by atoms with Crippen molar-refractivity contribution in [2.75, 3.05) is 26.2 Å². The molecule has 1 heterocycles. The SMILES string of the molecule is Cc1ccc(F)cc1C(=O)N1CCN(C(=O)C(=O)O)CC1. The first-order chi connectivity index (χ1) is 9.90. The van der Waals surface area contributed by atoms with E-state index in [1.54, 1.807) is 6.92 Å². The third-order valence-electron chi connectivity index (χ3n) is 3.47. The quantitative estimate of drug-likeness (QED) is 0.765. The van der Waals surface area contributed by atoms with Crippen molar-refractivity contribution in [2.24, 2.45) is 0 Å². The van der Waals surface area contributed by atoms with Crippen molar-refractivity contribution >= 4 is 17.8 Å². The van der Waals surface area contributed by atoms with Crippen molar-refractivity contribution in [3.8, 4) is 0 Å². The minimum Gasteiger partial charge on any atom is -0.474 e. The predicted octanol–water partition coefficient (Wildman–Crippen LogP) is 0.503. The van der Waals surface area contributed by atoms with Crippen molar-refractivity contribution in [2.45, 2.75) is 6.92 Å². The van der Waals surface area contributed by atoms with Crippen LogP contribution in [0.5, 0.6) is 0 Å². The van der Waals surface area contributed by atoms with Gasteiger partial charge >= 0.3 is 11.9 Å². The van der Waals surface area contributed by atoms with E-state index in [2.05, 4.69) is 0 Å². The van der Waals surface area contributed by atoms with Crippen molar-refractivity contribution in [1.29, 1.82) is 0 Å². The summed E-state index contributed by atoms with van der Waals surface area (Å²) in [4.78, 5) is 36.9. The molecule has 0 saturated carbocycles. The number of piperazine rings is 1. The highest BCUT2D eigenvalue weighted by Gasteiger charge is 2.28. The van der Waals surface area contributed by atoms with Gasteiger partial charge in [-0.3, -0.25) is 9.59 Å². The molecule has 1 aromatic rings. The molecule has 0 aliphatic carbocycles. The summed E-state index contributed by atoms with van der Waals surface area (Å²) in [5.41, 5.74) is 0.957. The maximum absolute atomic E-state index is 13.2. The number of halogens is 1. The molecule has 0 atom stereocenters. The lowest BCUT2D eigenvalue weighted by atomic mass is 10.1. The lowest BCUT2D eigenvalue weighted by Gasteiger charge is -2.34. The van der Waals surface area contributed by atoms with Gasteiger partial charge in [0, 0.05) is 31.7 Å². The summed E-state index contributed by atoms with van der Waals surface area (Å²) < 4.78 is 13.2. The Morgan fingerprint density at radius 1 is 1.10 bits per heavy atom. The second-order valence-electron chi connectivity index (χ2n) is 4.85. The summed E-state index contributed by atoms with van der Waals surface area (Å²) >= 11 is 0. The third kappa shape index (κ3) is 3.18. The molecule has 0 aromatic heterocycles. The number of aliphatic carboxylic acids is 1. The van der Waals surface area contributed by atoms with Gasteiger partial charge in [0.2, 0.25) is 0 Å². The third-order valence-corrected chi connectivity index (χ3v) is 3.47. The van der Waals surface area contributed by atoms with Crippen LogP contribution < -0.4 is 0 Å². The summed E-state index contributed by atoms with van der Waals surface area (Å²) in [5, 5.41) is 8.64. The fourth-order valence-electron chi connectivity index (χ4n) is 2.24. The number of carbonyl (C=O) groups is 3. The Labute approximate surface area is 120 Å². The zero-order valence-electron chi connectivity index (χ0n) is 11.5. The molecule has 0 unspecified atom stereocenters. The topological polar surface area (TPSA) is 77.9 Å². The van der Waals surface area contributed by atoms with Crippen LogP contribution in [-0.4, -0.2) is 58.9 Å². The zero-order valence-corrected chi connectivity index (χ0v) is 11.5. The van der Waals surface area contributed by atoms with Crippen LogP contribution in [0.3, 0.4) is 0 Å². The second kappa shape index (κ2) is 5.90. The van der Waals surface area contributed by atoms with Gasteiger partial charge in [0.05, 0.1) is 0 Å². The van der Waals surface area contributed by atoms with E-state index in [9.17, 15) is 18.8 Å². The predicted molar refractivity (Wildman–Crippen MR) is 71.3 cm³/mol. The average molecular weight is 294 g/mol. The van der Waals surface area contributed by atoms with E-state index in [0.717, 1.165) is 0 Å². The van der Waals surface area contributed by atoms with Crippen molar-refractivity contribution in [3.63, 3.8) is 0 Å². The Morgan fingerprint density at radius 3 is 2.24 bits per heavy atom. The smallest absolute Gasteiger partial charge is 0.394 e. The molecule has 7 heteroatoms. The molecule has 1 aromatic carbocycles. The van der Waals surface area contributed by atoms with E-state index in [-0.39, 0.29) is 37.6 Å². The molecular weight excluding hydrogens is 279 g/mol. The van der Waals surface area contributed by atoms with Gasteiger partial charge in [0.25, 0.3) is 5.91 Å². The first kappa shape index (κ1) is 15.0. The molecule has 21 heavy (non-hydrogen) atoms. The van der Waals surface area contributed by atoms with Crippen LogP contribution in [0.25, 0.3) is 0 Å². The zero-order chi connectivity index (χ0) is 15.6. The van der Waals surface area contributed by atoms with Gasteiger partial charge in [-0.1, -0.05) is 6.07 Å². The molecule has 2 rings (SSSR count). The highest BCUT2D eigenvalue weighted by molar-refractivity contribution is 6.31. The van der Waals surface area contributed by atoms with Gasteiger partial charge in [-0.2, -0.15) is 0 Å². The molecule has 2 amide bonds. The van der Waals surface area contributed by atoms with E-state index in [0.29, 0.717) is 5.56 Å². The molecule has 1 aliphatic heterocycles. The minimum atomic E-state index is -1.50. The van der Waals surface area contributed by atoms with Crippen LogP contribution in [0.2, 0.25) is 0 Å². The standard InChI is InChI=1S/C14H15FN2O4/c1-9-2-3-10(15)8-11(9)12(18)16-4-6-17(7-5-16)13(19)14(20)21/h2-3,8H,4-7H2,1H3,(H,20,21). The van der Waals surface area contributed by atoms with Gasteiger partial charge < -0.3 is 14.9 Å². The number of hydrogen-bond acceptors (Lipinski definition) is 3. The fourth-order valence-corrected chi connectivity index (χ4v) is 2.24. The highest BCUT2D eigenvalue weighted by Crippen LogP contribution is 2.14. The largest absolute Gasteiger partial charge is 0.474 e. The number of aryl methyl sites for hydroxylation is 1. The molecule has 1 saturated heterocycles. The number of rotatable bonds is 1. The van der Waals surface area contributed by atoms with Crippen LogP contribution in [0, 0.1) is 12.7 Å². The van der Waals surface area contributed by atoms with E-state index < -0.39 is 17.7 Å². The Morgan fingerprint density at radius 2 is 1.67 bits per heavy atom. The maximum Gasteiger partial charge on any atom is 0.394 e. The molecule has 0 radical (unpaired) electrons. The van der Waals surface area contributed by atoms with E-state index in [1.165, 1.54) is 28.0 Å². The maximum atomic E-state index is 13.2. The van der Waals surface area contributed by atoms with Crippen molar-refractivity contribution in [1.82, 2.24) is 9.80 Å². The number of hydrogen-bond donors (Lipinski definition) is 1. The van der Waals surface area contributed by atoms with Gasteiger partial charge in [-0.05, 0) is 24.6 Å². The number of amides is 2. The number of carboxylic acid groups (broad SMARTS) is 1. The normalized spacial score (nSPS) is 15.0. The van der Waals surface area contributed by atoms with Gasteiger partial charge in [-0.15, -0.1) is 0 Å². The van der Waals surface area contributed by atoms with Crippen LogP contribution >= 0.6 is 0 Å². The minimum absolute atomic E-state index is 0.158. The van der Waals surface area contributed by atoms with Gasteiger partial charge in [0.1, 0.15) is 5.82 Å². The first-order valence-electron chi connectivity index (χ1n) is 6.48. The molecule has 1 fully saturated rings. The van der Waals surface area contributed by atoms with Crippen LogP contribution in [0.1, 0.15) is 15.9 Å².